The maximum atomic E-state index is 6.14. The summed E-state index contributed by atoms with van der Waals surface area (Å²) in [4.78, 5) is 4.93. The van der Waals surface area contributed by atoms with Crippen molar-refractivity contribution in [2.45, 2.75) is 18.9 Å². The van der Waals surface area contributed by atoms with Crippen LogP contribution in [0.1, 0.15) is 12.8 Å². The molecule has 3 aliphatic rings. The molecule has 2 aromatic rings. The lowest BCUT2D eigenvalue weighted by Crippen LogP contribution is -2.54. The average molecular weight is 441 g/mol. The van der Waals surface area contributed by atoms with E-state index < -0.39 is 0 Å². The van der Waals surface area contributed by atoms with Crippen LogP contribution >= 0.6 is 11.6 Å². The summed E-state index contributed by atoms with van der Waals surface area (Å²) in [6, 6.07) is 8.19. The Kier molecular flexibility index (Phi) is 6.41. The number of hydrogen-bond donors (Lipinski definition) is 0. The highest BCUT2D eigenvalue weighted by molar-refractivity contribution is 6.30. The number of halogens is 1. The zero-order valence-electron chi connectivity index (χ0n) is 17.8. The van der Waals surface area contributed by atoms with Gasteiger partial charge in [-0.2, -0.15) is 0 Å². The van der Waals surface area contributed by atoms with Crippen LogP contribution in [-0.4, -0.2) is 73.3 Å². The van der Waals surface area contributed by atoms with Gasteiger partial charge in [-0.15, -0.1) is 5.10 Å². The van der Waals surface area contributed by atoms with Gasteiger partial charge in [-0.05, 0) is 43.2 Å². The zero-order chi connectivity index (χ0) is 21.0. The van der Waals surface area contributed by atoms with Gasteiger partial charge in [-0.25, -0.2) is 4.68 Å². The molecule has 1 aliphatic carbocycles. The topological polar surface area (TPSA) is 42.8 Å². The van der Waals surface area contributed by atoms with E-state index in [-0.39, 0.29) is 6.04 Å². The minimum absolute atomic E-state index is 0.271. The number of anilines is 1. The molecule has 0 N–H and O–H groups in total. The van der Waals surface area contributed by atoms with E-state index in [0.29, 0.717) is 0 Å². The van der Waals surface area contributed by atoms with E-state index in [1.165, 1.54) is 5.22 Å². The van der Waals surface area contributed by atoms with Crippen molar-refractivity contribution in [3.63, 3.8) is 0 Å². The number of aromatic nitrogens is 2. The van der Waals surface area contributed by atoms with Gasteiger partial charge in [0, 0.05) is 36.4 Å². The van der Waals surface area contributed by atoms with Gasteiger partial charge in [-0.1, -0.05) is 29.8 Å². The lowest BCUT2D eigenvalue weighted by atomic mass is 10.1. The van der Waals surface area contributed by atoms with Crippen molar-refractivity contribution in [2.24, 2.45) is 0 Å². The highest BCUT2D eigenvalue weighted by Crippen LogP contribution is 2.18. The summed E-state index contributed by atoms with van der Waals surface area (Å²) in [5, 5.41) is 8.21. The van der Waals surface area contributed by atoms with E-state index in [0.717, 1.165) is 87.3 Å². The van der Waals surface area contributed by atoms with E-state index in [2.05, 4.69) is 38.8 Å². The molecule has 164 valence electrons. The normalized spacial score (nSPS) is 25.5. The number of benzene rings is 1. The first-order valence-corrected chi connectivity index (χ1v) is 11.5. The fraction of sp³-hybridized carbons (Fsp3) is 0.458. The lowest BCUT2D eigenvalue weighted by Gasteiger charge is -2.39. The first-order valence-electron chi connectivity index (χ1n) is 11.2. The van der Waals surface area contributed by atoms with Crippen LogP contribution < -0.4 is 15.5 Å². The maximum Gasteiger partial charge on any atom is 0.159 e. The molecular formula is C24H29ClN4O2. The molecule has 2 fully saturated rings. The average Bonchev–Trinajstić information content (AvgIpc) is 3.12. The molecule has 0 bridgehead atoms. The highest BCUT2D eigenvalue weighted by Gasteiger charge is 2.29. The fourth-order valence-electron chi connectivity index (χ4n) is 4.52. The van der Waals surface area contributed by atoms with Gasteiger partial charge in [0.2, 0.25) is 0 Å². The second kappa shape index (κ2) is 9.57. The molecule has 0 spiro atoms. The van der Waals surface area contributed by atoms with Gasteiger partial charge in [-0.3, -0.25) is 4.90 Å². The van der Waals surface area contributed by atoms with Gasteiger partial charge < -0.3 is 14.4 Å². The van der Waals surface area contributed by atoms with Crippen LogP contribution in [0.4, 0.5) is 5.82 Å². The Morgan fingerprint density at radius 1 is 1.00 bits per heavy atom. The van der Waals surface area contributed by atoms with Crippen LogP contribution in [0.5, 0.6) is 0 Å². The Balaban J connectivity index is 1.56. The van der Waals surface area contributed by atoms with Crippen LogP contribution in [0.2, 0.25) is 5.02 Å². The standard InChI is InChI=1S/C24H29ClN4O2/c25-19-7-9-20(10-8-19)29-23-6-4-2-1-3-5-22(23)24(26-29)28-13-16-31-18-21(28)17-27-11-14-30-15-12-27/h1,3,5-10,21H,2,4,11-18H2/b3-1-,22-5+,23-6+. The molecular weight excluding hydrogens is 412 g/mol. The Hall–Kier alpha value is -2.12. The van der Waals surface area contributed by atoms with Crippen LogP contribution in [0.3, 0.4) is 0 Å². The number of nitrogens with zero attached hydrogens (tertiary/aromatic N) is 4. The van der Waals surface area contributed by atoms with Crippen LogP contribution in [0.15, 0.2) is 36.4 Å². The largest absolute Gasteiger partial charge is 0.379 e. The quantitative estimate of drug-likeness (QED) is 0.727. The first-order chi connectivity index (χ1) is 15.3. The van der Waals surface area contributed by atoms with Crippen molar-refractivity contribution in [3.05, 3.63) is 52.0 Å². The summed E-state index contributed by atoms with van der Waals surface area (Å²) in [5.41, 5.74) is 1.03. The second-order valence-corrected chi connectivity index (χ2v) is 8.66. The number of ether oxygens (including phenoxy) is 2. The van der Waals surface area contributed by atoms with E-state index in [1.807, 2.05) is 24.3 Å². The molecule has 2 saturated heterocycles. The van der Waals surface area contributed by atoms with Crippen molar-refractivity contribution >= 4 is 29.6 Å². The van der Waals surface area contributed by atoms with E-state index >= 15 is 0 Å². The molecule has 1 aromatic heterocycles. The molecule has 1 atom stereocenters. The van der Waals surface area contributed by atoms with Gasteiger partial charge in [0.15, 0.2) is 5.82 Å². The van der Waals surface area contributed by atoms with Gasteiger partial charge >= 0.3 is 0 Å². The number of fused-ring (bicyclic) bond motifs is 1. The van der Waals surface area contributed by atoms with E-state index in [1.54, 1.807) is 0 Å². The summed E-state index contributed by atoms with van der Waals surface area (Å²) in [7, 11) is 0. The molecule has 31 heavy (non-hydrogen) atoms. The van der Waals surface area contributed by atoms with Crippen LogP contribution in [0.25, 0.3) is 17.8 Å². The summed E-state index contributed by atoms with van der Waals surface area (Å²) in [6.45, 7) is 6.82. The van der Waals surface area contributed by atoms with Gasteiger partial charge in [0.05, 0.1) is 43.5 Å². The second-order valence-electron chi connectivity index (χ2n) is 8.22. The van der Waals surface area contributed by atoms with E-state index in [9.17, 15) is 0 Å². The van der Waals surface area contributed by atoms with Gasteiger partial charge in [0.25, 0.3) is 0 Å². The molecule has 1 aromatic carbocycles. The van der Waals surface area contributed by atoms with E-state index in [4.69, 9.17) is 26.2 Å². The molecule has 3 heterocycles. The zero-order valence-corrected chi connectivity index (χ0v) is 18.5. The summed E-state index contributed by atoms with van der Waals surface area (Å²) in [6.07, 6.45) is 10.9. The molecule has 6 nitrogen and oxygen atoms in total. The number of rotatable bonds is 4. The molecule has 2 aliphatic heterocycles. The Morgan fingerprint density at radius 3 is 2.65 bits per heavy atom. The predicted octanol–water partition coefficient (Wildman–Crippen LogP) is 1.97. The minimum atomic E-state index is 0.271. The lowest BCUT2D eigenvalue weighted by molar-refractivity contribution is 0.0210. The van der Waals surface area contributed by atoms with Crippen molar-refractivity contribution in [3.8, 4) is 5.69 Å². The number of allylic oxidation sites excluding steroid dienone is 2. The van der Waals surface area contributed by atoms with Crippen molar-refractivity contribution in [1.29, 1.82) is 0 Å². The Labute approximate surface area is 188 Å². The van der Waals surface area contributed by atoms with Gasteiger partial charge in [0.1, 0.15) is 0 Å². The number of morpholine rings is 2. The minimum Gasteiger partial charge on any atom is -0.379 e. The summed E-state index contributed by atoms with van der Waals surface area (Å²) < 4.78 is 13.5. The first kappa shape index (κ1) is 20.8. The Bertz CT molecular complexity index is 1040. The third kappa shape index (κ3) is 4.58. The summed E-state index contributed by atoms with van der Waals surface area (Å²) >= 11 is 6.14. The van der Waals surface area contributed by atoms with Crippen molar-refractivity contribution in [2.75, 3.05) is 57.5 Å². The van der Waals surface area contributed by atoms with Crippen LogP contribution in [-0.2, 0) is 9.47 Å². The molecule has 5 rings (SSSR count). The molecule has 0 radical (unpaired) electrons. The highest BCUT2D eigenvalue weighted by atomic mass is 35.5. The molecule has 7 heteroatoms. The third-order valence-electron chi connectivity index (χ3n) is 6.15. The fourth-order valence-corrected chi connectivity index (χ4v) is 4.65. The molecule has 0 saturated carbocycles. The SMILES string of the molecule is Clc1ccc(-n2nc(N3CCOCC3CN3CCOCC3)c3/c2=C\CC/C=C\C=3)cc1. The number of hydrogen-bond acceptors (Lipinski definition) is 5. The molecule has 0 amide bonds. The van der Waals surface area contributed by atoms with Crippen molar-refractivity contribution < 1.29 is 9.47 Å². The predicted molar refractivity (Wildman–Crippen MR) is 124 cm³/mol. The summed E-state index contributed by atoms with van der Waals surface area (Å²) in [5.74, 6) is 1.04. The van der Waals surface area contributed by atoms with Crippen molar-refractivity contribution in [1.82, 2.24) is 14.7 Å². The smallest absolute Gasteiger partial charge is 0.159 e. The Morgan fingerprint density at radius 2 is 1.81 bits per heavy atom. The third-order valence-corrected chi connectivity index (χ3v) is 6.41. The molecule has 1 unspecified atom stereocenters. The monoisotopic (exact) mass is 440 g/mol. The maximum absolute atomic E-state index is 6.14. The van der Waals surface area contributed by atoms with Crippen LogP contribution in [0, 0.1) is 0 Å².